The van der Waals surface area contributed by atoms with Crippen molar-refractivity contribution in [1.82, 2.24) is 4.90 Å². The van der Waals surface area contributed by atoms with E-state index in [0.717, 1.165) is 18.8 Å². The van der Waals surface area contributed by atoms with Crippen LogP contribution in [0.1, 0.15) is 34.6 Å². The molecule has 0 aromatic carbocycles. The first kappa shape index (κ1) is 17.9. The van der Waals surface area contributed by atoms with Gasteiger partial charge in [-0.05, 0) is 17.6 Å². The van der Waals surface area contributed by atoms with Crippen LogP contribution in [0.2, 0.25) is 0 Å². The third-order valence-electron chi connectivity index (χ3n) is 1.70. The Morgan fingerprint density at radius 1 is 1.13 bits per heavy atom. The van der Waals surface area contributed by atoms with Gasteiger partial charge in [-0.3, -0.25) is 4.79 Å². The quantitative estimate of drug-likeness (QED) is 0.722. The standard InChI is InChI=1S/C11H23NOS.Ag/c1-6-14-11(13)12(7-9(2)3)8-10(4)5;/h9-10H,6-8H2,1-5H3;. The number of carbonyl (C=O) groups is 1. The Labute approximate surface area is 114 Å². The maximum atomic E-state index is 11.7. The van der Waals surface area contributed by atoms with Gasteiger partial charge < -0.3 is 4.90 Å². The van der Waals surface area contributed by atoms with E-state index in [0.29, 0.717) is 11.8 Å². The molecule has 0 aromatic heterocycles. The molecular formula is C11H23AgNOS. The fraction of sp³-hybridized carbons (Fsp3) is 0.909. The van der Waals surface area contributed by atoms with E-state index in [1.165, 1.54) is 11.8 Å². The van der Waals surface area contributed by atoms with Crippen LogP contribution in [0, 0.1) is 11.8 Å². The Kier molecular flexibility index (Phi) is 11.7. The van der Waals surface area contributed by atoms with E-state index in [-0.39, 0.29) is 27.6 Å². The van der Waals surface area contributed by atoms with Crippen LogP contribution in [0.4, 0.5) is 4.79 Å². The topological polar surface area (TPSA) is 20.3 Å². The predicted octanol–water partition coefficient (Wildman–Crippen LogP) is 3.47. The number of rotatable bonds is 5. The average Bonchev–Trinajstić information content (AvgIpc) is 2.01. The fourth-order valence-corrected chi connectivity index (χ4v) is 1.90. The summed E-state index contributed by atoms with van der Waals surface area (Å²) in [6.45, 7) is 12.4. The van der Waals surface area contributed by atoms with Gasteiger partial charge in [-0.25, -0.2) is 0 Å². The van der Waals surface area contributed by atoms with E-state index in [2.05, 4.69) is 27.7 Å². The molecule has 1 amide bonds. The molecule has 0 saturated carbocycles. The van der Waals surface area contributed by atoms with Gasteiger partial charge >= 0.3 is 0 Å². The van der Waals surface area contributed by atoms with Crippen molar-refractivity contribution in [2.24, 2.45) is 11.8 Å². The van der Waals surface area contributed by atoms with Gasteiger partial charge in [0.25, 0.3) is 5.24 Å². The summed E-state index contributed by atoms with van der Waals surface area (Å²) < 4.78 is 0. The first-order valence-corrected chi connectivity index (χ1v) is 6.37. The zero-order valence-corrected chi connectivity index (χ0v) is 12.6. The van der Waals surface area contributed by atoms with Crippen LogP contribution in [0.5, 0.6) is 0 Å². The van der Waals surface area contributed by atoms with Gasteiger partial charge in [-0.2, -0.15) is 0 Å². The average molecular weight is 325 g/mol. The minimum atomic E-state index is 0. The molecule has 0 unspecified atom stereocenters. The molecule has 0 aliphatic heterocycles. The SMILES string of the molecule is CCSC(=O)N(CC(C)C)CC(C)C.[Ag]. The largest absolute Gasteiger partial charge is 0.333 e. The van der Waals surface area contributed by atoms with Crippen LogP contribution >= 0.6 is 11.8 Å². The van der Waals surface area contributed by atoms with E-state index in [1.54, 1.807) is 0 Å². The first-order valence-electron chi connectivity index (χ1n) is 5.39. The Morgan fingerprint density at radius 2 is 1.53 bits per heavy atom. The minimum absolute atomic E-state index is 0. The fourth-order valence-electron chi connectivity index (χ4n) is 1.32. The second-order valence-electron chi connectivity index (χ2n) is 4.39. The molecule has 4 heteroatoms. The molecule has 1 radical (unpaired) electrons. The number of amides is 1. The van der Waals surface area contributed by atoms with Crippen molar-refractivity contribution in [3.63, 3.8) is 0 Å². The molecule has 0 aliphatic rings. The molecule has 15 heavy (non-hydrogen) atoms. The maximum Gasteiger partial charge on any atom is 0.281 e. The van der Waals surface area contributed by atoms with Gasteiger partial charge in [0.15, 0.2) is 0 Å². The Hall–Kier alpha value is 0.560. The van der Waals surface area contributed by atoms with Crippen LogP contribution in [0.3, 0.4) is 0 Å². The number of hydrogen-bond donors (Lipinski definition) is 0. The van der Waals surface area contributed by atoms with Gasteiger partial charge in [-0.15, -0.1) is 0 Å². The first-order chi connectivity index (χ1) is 6.47. The van der Waals surface area contributed by atoms with Gasteiger partial charge in [-0.1, -0.05) is 46.4 Å². The van der Waals surface area contributed by atoms with Gasteiger partial charge in [0.2, 0.25) is 0 Å². The molecule has 0 saturated heterocycles. The van der Waals surface area contributed by atoms with Crippen LogP contribution in [0.15, 0.2) is 0 Å². The molecule has 0 aromatic rings. The van der Waals surface area contributed by atoms with Crippen LogP contribution in [0.25, 0.3) is 0 Å². The van der Waals surface area contributed by atoms with Crippen molar-refractivity contribution in [3.05, 3.63) is 0 Å². The second-order valence-corrected chi connectivity index (χ2v) is 5.61. The Bertz CT molecular complexity index is 164. The van der Waals surface area contributed by atoms with Crippen molar-refractivity contribution in [3.8, 4) is 0 Å². The zero-order chi connectivity index (χ0) is 11.1. The molecule has 0 heterocycles. The summed E-state index contributed by atoms with van der Waals surface area (Å²) >= 11 is 1.41. The van der Waals surface area contributed by atoms with Crippen LogP contribution in [-0.4, -0.2) is 29.0 Å². The van der Waals surface area contributed by atoms with E-state index in [1.807, 2.05) is 11.8 Å². The molecule has 0 spiro atoms. The molecule has 95 valence electrons. The van der Waals surface area contributed by atoms with Crippen molar-refractivity contribution in [2.75, 3.05) is 18.8 Å². The molecular weight excluding hydrogens is 302 g/mol. The van der Waals surface area contributed by atoms with Crippen molar-refractivity contribution in [2.45, 2.75) is 34.6 Å². The Balaban J connectivity index is 0. The third kappa shape index (κ3) is 9.49. The van der Waals surface area contributed by atoms with E-state index < -0.39 is 0 Å². The minimum Gasteiger partial charge on any atom is -0.333 e. The van der Waals surface area contributed by atoms with E-state index in [4.69, 9.17) is 0 Å². The van der Waals surface area contributed by atoms with Crippen molar-refractivity contribution in [1.29, 1.82) is 0 Å². The number of carbonyl (C=O) groups excluding carboxylic acids is 1. The van der Waals surface area contributed by atoms with E-state index in [9.17, 15) is 4.79 Å². The smallest absolute Gasteiger partial charge is 0.281 e. The van der Waals surface area contributed by atoms with Gasteiger partial charge in [0.05, 0.1) is 0 Å². The van der Waals surface area contributed by atoms with Gasteiger partial charge in [0.1, 0.15) is 0 Å². The second kappa shape index (κ2) is 9.76. The molecule has 2 nitrogen and oxygen atoms in total. The predicted molar refractivity (Wildman–Crippen MR) is 64.8 cm³/mol. The van der Waals surface area contributed by atoms with Crippen molar-refractivity contribution >= 4 is 17.0 Å². The monoisotopic (exact) mass is 324 g/mol. The summed E-state index contributed by atoms with van der Waals surface area (Å²) in [7, 11) is 0. The summed E-state index contributed by atoms with van der Waals surface area (Å²) in [5, 5.41) is 0.231. The van der Waals surface area contributed by atoms with E-state index >= 15 is 0 Å². The zero-order valence-electron chi connectivity index (χ0n) is 10.3. The number of thioether (sulfide) groups is 1. The summed E-state index contributed by atoms with van der Waals surface area (Å²) in [5.74, 6) is 1.97. The molecule has 0 rings (SSSR count). The molecule has 0 N–H and O–H groups in total. The molecule has 0 fully saturated rings. The summed E-state index contributed by atoms with van der Waals surface area (Å²) in [4.78, 5) is 13.7. The normalized spacial score (nSPS) is 10.3. The van der Waals surface area contributed by atoms with Crippen LogP contribution < -0.4 is 0 Å². The number of hydrogen-bond acceptors (Lipinski definition) is 2. The summed E-state index contributed by atoms with van der Waals surface area (Å²) in [6, 6.07) is 0. The number of nitrogens with zero attached hydrogens (tertiary/aromatic N) is 1. The van der Waals surface area contributed by atoms with Gasteiger partial charge in [0, 0.05) is 35.5 Å². The summed E-state index contributed by atoms with van der Waals surface area (Å²) in [6.07, 6.45) is 0. The molecule has 0 atom stereocenters. The maximum absolute atomic E-state index is 11.7. The molecule has 0 aliphatic carbocycles. The molecule has 0 bridgehead atoms. The van der Waals surface area contributed by atoms with Crippen molar-refractivity contribution < 1.29 is 27.2 Å². The third-order valence-corrected chi connectivity index (χ3v) is 2.49. The van der Waals surface area contributed by atoms with Crippen LogP contribution in [-0.2, 0) is 22.4 Å². The Morgan fingerprint density at radius 3 is 1.80 bits per heavy atom. The summed E-state index contributed by atoms with van der Waals surface area (Å²) in [5.41, 5.74) is 0.